The maximum atomic E-state index is 12.9. The van der Waals surface area contributed by atoms with Crippen molar-refractivity contribution >= 4 is 26.7 Å². The number of nitro benzene ring substituents is 1. The van der Waals surface area contributed by atoms with Crippen LogP contribution >= 0.6 is 0 Å². The van der Waals surface area contributed by atoms with Gasteiger partial charge in [-0.3, -0.25) is 19.7 Å². The number of sulfonamides is 1. The number of nitrogens with zero attached hydrogens (tertiary/aromatic N) is 4. The molecule has 1 aliphatic rings. The largest absolute Gasteiger partial charge is 0.339 e. The summed E-state index contributed by atoms with van der Waals surface area (Å²) in [7, 11) is -2.30. The predicted octanol–water partition coefficient (Wildman–Crippen LogP) is -0.395. The number of aryl methyl sites for hydroxylation is 1. The third-order valence-corrected chi connectivity index (χ3v) is 6.38. The van der Waals surface area contributed by atoms with E-state index in [9.17, 15) is 28.1 Å². The molecule has 0 unspecified atom stereocenters. The minimum absolute atomic E-state index is 0.0197. The van der Waals surface area contributed by atoms with Crippen LogP contribution in [-0.4, -0.2) is 43.7 Å². The second-order valence-corrected chi connectivity index (χ2v) is 8.29. The molecule has 0 fully saturated rings. The van der Waals surface area contributed by atoms with Crippen molar-refractivity contribution in [2.24, 2.45) is 7.05 Å². The lowest BCUT2D eigenvalue weighted by Crippen LogP contribution is -2.37. The molecule has 0 saturated heterocycles. The Bertz CT molecular complexity index is 1350. The molecule has 0 spiro atoms. The Balaban J connectivity index is 1.91. The van der Waals surface area contributed by atoms with E-state index in [1.807, 2.05) is 0 Å². The van der Waals surface area contributed by atoms with Gasteiger partial charge >= 0.3 is 11.1 Å². The van der Waals surface area contributed by atoms with E-state index in [0.29, 0.717) is 5.56 Å². The number of hydrogen-bond acceptors (Lipinski definition) is 7. The lowest BCUT2D eigenvalue weighted by molar-refractivity contribution is -0.385. The van der Waals surface area contributed by atoms with E-state index in [1.54, 1.807) is 7.05 Å². The Morgan fingerprint density at radius 2 is 1.93 bits per heavy atom. The van der Waals surface area contributed by atoms with Gasteiger partial charge < -0.3 is 14.5 Å². The van der Waals surface area contributed by atoms with E-state index in [0.717, 1.165) is 4.31 Å². The number of nitrogens with one attached hydrogen (secondary N) is 2. The normalized spacial score (nSPS) is 14.9. The van der Waals surface area contributed by atoms with Crippen molar-refractivity contribution in [2.45, 2.75) is 18.0 Å². The van der Waals surface area contributed by atoms with Gasteiger partial charge in [0.05, 0.1) is 22.3 Å². The van der Waals surface area contributed by atoms with E-state index in [2.05, 4.69) is 15.0 Å². The number of fused-ring (bicyclic) bond motifs is 3. The highest BCUT2D eigenvalue weighted by atomic mass is 32.2. The molecule has 0 atom stereocenters. The van der Waals surface area contributed by atoms with Gasteiger partial charge in [0.15, 0.2) is 5.03 Å². The summed E-state index contributed by atoms with van der Waals surface area (Å²) in [4.78, 5) is 42.8. The fraction of sp³-hybridized carbons (Fsp3) is 0.267. The third-order valence-electron chi connectivity index (χ3n) is 4.65. The van der Waals surface area contributed by atoms with Crippen molar-refractivity contribution in [1.82, 2.24) is 23.8 Å². The second-order valence-electron chi connectivity index (χ2n) is 6.41. The highest BCUT2D eigenvalue weighted by molar-refractivity contribution is 7.89. The minimum atomic E-state index is -3.94. The van der Waals surface area contributed by atoms with Gasteiger partial charge in [-0.2, -0.15) is 4.31 Å². The first-order valence-electron chi connectivity index (χ1n) is 8.12. The van der Waals surface area contributed by atoms with Crippen LogP contribution in [0, 0.1) is 10.1 Å². The number of aromatic nitrogens is 4. The molecule has 0 bridgehead atoms. The summed E-state index contributed by atoms with van der Waals surface area (Å²) in [6, 6.07) is 1.18. The highest BCUT2D eigenvalue weighted by Gasteiger charge is 2.34. The van der Waals surface area contributed by atoms with Gasteiger partial charge in [-0.05, 0) is 6.42 Å². The molecule has 4 rings (SSSR count). The summed E-state index contributed by atoms with van der Waals surface area (Å²) in [5, 5.41) is 11.3. The van der Waals surface area contributed by atoms with Gasteiger partial charge in [-0.25, -0.2) is 13.4 Å². The SMILES string of the molecule is Cn1cnc(S(=O)(=O)N2CCc3c([N+](=O)[O-])cc4[nH]c(=O)c(=O)[nH]c4c3C2)c1. The lowest BCUT2D eigenvalue weighted by atomic mass is 9.97. The van der Waals surface area contributed by atoms with Crippen molar-refractivity contribution < 1.29 is 13.3 Å². The summed E-state index contributed by atoms with van der Waals surface area (Å²) in [5.41, 5.74) is -1.27. The maximum absolute atomic E-state index is 12.9. The smallest absolute Gasteiger partial charge is 0.314 e. The zero-order valence-corrected chi connectivity index (χ0v) is 15.3. The van der Waals surface area contributed by atoms with Gasteiger partial charge in [0.2, 0.25) is 0 Å². The van der Waals surface area contributed by atoms with Crippen LogP contribution in [0.15, 0.2) is 33.2 Å². The van der Waals surface area contributed by atoms with E-state index in [-0.39, 0.29) is 46.8 Å². The number of benzene rings is 1. The Hall–Kier alpha value is -3.32. The molecule has 146 valence electrons. The fourth-order valence-corrected chi connectivity index (χ4v) is 4.70. The van der Waals surface area contributed by atoms with Crippen molar-refractivity contribution in [3.8, 4) is 0 Å². The van der Waals surface area contributed by atoms with Crippen LogP contribution in [-0.2, 0) is 30.0 Å². The number of nitro groups is 1. The first-order valence-corrected chi connectivity index (χ1v) is 9.56. The third kappa shape index (κ3) is 2.71. The second kappa shape index (κ2) is 6.10. The summed E-state index contributed by atoms with van der Waals surface area (Å²) in [6.07, 6.45) is 2.79. The van der Waals surface area contributed by atoms with Crippen molar-refractivity contribution in [2.75, 3.05) is 6.54 Å². The number of aromatic amines is 2. The van der Waals surface area contributed by atoms with E-state index in [4.69, 9.17) is 0 Å². The number of hydrogen-bond donors (Lipinski definition) is 2. The van der Waals surface area contributed by atoms with Gasteiger partial charge in [-0.15, -0.1) is 0 Å². The van der Waals surface area contributed by atoms with Crippen LogP contribution in [0.2, 0.25) is 0 Å². The Labute approximate surface area is 156 Å². The lowest BCUT2D eigenvalue weighted by Gasteiger charge is -2.27. The first-order chi connectivity index (χ1) is 13.2. The molecule has 2 aromatic heterocycles. The molecule has 0 aliphatic carbocycles. The maximum Gasteiger partial charge on any atom is 0.314 e. The molecule has 0 amide bonds. The monoisotopic (exact) mass is 406 g/mol. The molecule has 13 heteroatoms. The van der Waals surface area contributed by atoms with Crippen molar-refractivity contribution in [3.05, 3.63) is 60.5 Å². The predicted molar refractivity (Wildman–Crippen MR) is 96.4 cm³/mol. The van der Waals surface area contributed by atoms with Gasteiger partial charge in [0, 0.05) is 43.5 Å². The highest BCUT2D eigenvalue weighted by Crippen LogP contribution is 2.34. The number of imidazole rings is 1. The molecular weight excluding hydrogens is 392 g/mol. The van der Waals surface area contributed by atoms with E-state index >= 15 is 0 Å². The van der Waals surface area contributed by atoms with Gasteiger partial charge in [-0.1, -0.05) is 0 Å². The van der Waals surface area contributed by atoms with E-state index in [1.165, 1.54) is 23.2 Å². The quantitative estimate of drug-likeness (QED) is 0.339. The summed E-state index contributed by atoms with van der Waals surface area (Å²) < 4.78 is 28.4. The van der Waals surface area contributed by atoms with Gasteiger partial charge in [0.25, 0.3) is 15.7 Å². The van der Waals surface area contributed by atoms with Crippen LogP contribution in [0.4, 0.5) is 5.69 Å². The molecular formula is C15H14N6O6S. The Morgan fingerprint density at radius 1 is 1.21 bits per heavy atom. The molecule has 2 N–H and O–H groups in total. The van der Waals surface area contributed by atoms with Crippen molar-refractivity contribution in [1.29, 1.82) is 0 Å². The average molecular weight is 406 g/mol. The minimum Gasteiger partial charge on any atom is -0.339 e. The zero-order chi connectivity index (χ0) is 20.2. The molecule has 1 aromatic carbocycles. The standard InChI is InChI=1S/C15H14N6O6S/c1-19-6-12(16-7-19)28(26,27)20-3-2-8-9(5-20)13-10(4-11(8)21(24)25)17-14(22)15(23)18-13/h4,6-7H,2-3,5H2,1H3,(H,17,22)(H,18,23). The molecule has 3 heterocycles. The van der Waals surface area contributed by atoms with Crippen LogP contribution < -0.4 is 11.1 Å². The zero-order valence-electron chi connectivity index (χ0n) is 14.5. The topological polar surface area (TPSA) is 164 Å². The Morgan fingerprint density at radius 3 is 2.57 bits per heavy atom. The Kier molecular flexibility index (Phi) is 3.94. The summed E-state index contributed by atoms with van der Waals surface area (Å²) >= 11 is 0. The van der Waals surface area contributed by atoms with Gasteiger partial charge in [0.1, 0.15) is 0 Å². The molecule has 0 saturated carbocycles. The molecule has 0 radical (unpaired) electrons. The average Bonchev–Trinajstić information content (AvgIpc) is 3.09. The number of rotatable bonds is 3. The van der Waals surface area contributed by atoms with Crippen LogP contribution in [0.5, 0.6) is 0 Å². The summed E-state index contributed by atoms with van der Waals surface area (Å²) in [6.45, 7) is -0.180. The van der Waals surface area contributed by atoms with Crippen molar-refractivity contribution in [3.63, 3.8) is 0 Å². The number of H-pyrrole nitrogens is 2. The molecule has 3 aromatic rings. The van der Waals surface area contributed by atoms with E-state index < -0.39 is 26.1 Å². The fourth-order valence-electron chi connectivity index (χ4n) is 3.32. The summed E-state index contributed by atoms with van der Waals surface area (Å²) in [5.74, 6) is 0. The molecule has 12 nitrogen and oxygen atoms in total. The molecule has 28 heavy (non-hydrogen) atoms. The van der Waals surface area contributed by atoms with Crippen LogP contribution in [0.3, 0.4) is 0 Å². The first kappa shape index (κ1) is 18.1. The van der Waals surface area contributed by atoms with Crippen LogP contribution in [0.1, 0.15) is 11.1 Å². The van der Waals surface area contributed by atoms with Crippen LogP contribution in [0.25, 0.3) is 11.0 Å². The molecule has 1 aliphatic heterocycles.